The first kappa shape index (κ1) is 28.5. The van der Waals surface area contributed by atoms with Crippen LogP contribution in [0.1, 0.15) is 47.9 Å². The maximum absolute atomic E-state index is 13.8. The van der Waals surface area contributed by atoms with Crippen molar-refractivity contribution >= 4 is 46.8 Å². The van der Waals surface area contributed by atoms with E-state index in [0.29, 0.717) is 16.5 Å². The third kappa shape index (κ3) is 8.26. The summed E-state index contributed by atoms with van der Waals surface area (Å²) in [5, 5.41) is 4.25. The van der Waals surface area contributed by atoms with Crippen molar-refractivity contribution < 1.29 is 9.59 Å². The monoisotopic (exact) mass is 568 g/mol. The van der Waals surface area contributed by atoms with Crippen molar-refractivity contribution in [2.75, 3.05) is 5.75 Å². The normalized spacial score (nSPS) is 14.3. The zero-order chi connectivity index (χ0) is 26.9. The van der Waals surface area contributed by atoms with Crippen LogP contribution < -0.4 is 5.32 Å². The lowest BCUT2D eigenvalue weighted by Gasteiger charge is -2.32. The van der Waals surface area contributed by atoms with Crippen molar-refractivity contribution in [3.05, 3.63) is 105 Å². The molecule has 0 aromatic heterocycles. The number of nitrogens with zero attached hydrogens (tertiary/aromatic N) is 1. The molecule has 4 rings (SSSR count). The summed E-state index contributed by atoms with van der Waals surface area (Å²) in [6.07, 6.45) is 4.62. The smallest absolute Gasteiger partial charge is 0.243 e. The second-order valence-corrected chi connectivity index (χ2v) is 11.8. The molecule has 200 valence electrons. The van der Waals surface area contributed by atoms with Crippen LogP contribution >= 0.6 is 35.0 Å². The summed E-state index contributed by atoms with van der Waals surface area (Å²) < 4.78 is 0. The molecule has 4 nitrogen and oxygen atoms in total. The number of hydrogen-bond donors (Lipinski definition) is 1. The van der Waals surface area contributed by atoms with Crippen molar-refractivity contribution in [2.45, 2.75) is 63.4 Å². The van der Waals surface area contributed by atoms with Crippen molar-refractivity contribution in [2.24, 2.45) is 0 Å². The number of benzene rings is 3. The number of rotatable bonds is 11. The minimum Gasteiger partial charge on any atom is -0.352 e. The molecule has 0 saturated heterocycles. The van der Waals surface area contributed by atoms with Crippen molar-refractivity contribution in [1.82, 2.24) is 10.2 Å². The summed E-state index contributed by atoms with van der Waals surface area (Å²) in [6, 6.07) is 23.0. The fourth-order valence-electron chi connectivity index (χ4n) is 4.90. The van der Waals surface area contributed by atoms with Gasteiger partial charge in [-0.1, -0.05) is 102 Å². The number of thioether (sulfide) groups is 1. The van der Waals surface area contributed by atoms with Gasteiger partial charge in [-0.05, 0) is 48.6 Å². The zero-order valence-corrected chi connectivity index (χ0v) is 24.0. The molecule has 3 aromatic rings. The maximum Gasteiger partial charge on any atom is 0.243 e. The number of carbonyl (C=O) groups is 2. The molecule has 0 spiro atoms. The van der Waals surface area contributed by atoms with E-state index in [-0.39, 0.29) is 30.2 Å². The van der Waals surface area contributed by atoms with Gasteiger partial charge in [-0.15, -0.1) is 11.8 Å². The van der Waals surface area contributed by atoms with E-state index in [9.17, 15) is 9.59 Å². The molecule has 3 aromatic carbocycles. The third-order valence-corrected chi connectivity index (χ3v) is 8.48. The second kappa shape index (κ2) is 14.1. The number of aryl methyl sites for hydroxylation is 1. The van der Waals surface area contributed by atoms with Crippen LogP contribution in [-0.4, -0.2) is 34.6 Å². The number of halogens is 2. The zero-order valence-electron chi connectivity index (χ0n) is 21.7. The molecule has 0 radical (unpaired) electrons. The minimum atomic E-state index is -0.656. The maximum atomic E-state index is 13.8. The van der Waals surface area contributed by atoms with E-state index in [1.807, 2.05) is 42.5 Å². The molecule has 1 unspecified atom stereocenters. The van der Waals surface area contributed by atoms with Crippen LogP contribution in [0.5, 0.6) is 0 Å². The van der Waals surface area contributed by atoms with Gasteiger partial charge in [-0.3, -0.25) is 9.59 Å². The summed E-state index contributed by atoms with van der Waals surface area (Å²) in [5.74, 6) is 0.793. The number of hydrogen-bond acceptors (Lipinski definition) is 3. The Hall–Kier alpha value is -2.47. The fourth-order valence-corrected chi connectivity index (χ4v) is 6.22. The van der Waals surface area contributed by atoms with Crippen molar-refractivity contribution in [3.63, 3.8) is 0 Å². The Bertz CT molecular complexity index is 1230. The van der Waals surface area contributed by atoms with Crippen LogP contribution in [0.25, 0.3) is 0 Å². The Balaban J connectivity index is 1.59. The predicted molar refractivity (Wildman–Crippen MR) is 159 cm³/mol. The predicted octanol–water partition coefficient (Wildman–Crippen LogP) is 7.23. The van der Waals surface area contributed by atoms with E-state index in [1.54, 1.807) is 28.8 Å². The lowest BCUT2D eigenvalue weighted by atomic mass is 10.0. The van der Waals surface area contributed by atoms with Gasteiger partial charge in [-0.2, -0.15) is 0 Å². The van der Waals surface area contributed by atoms with Crippen LogP contribution in [-0.2, 0) is 28.3 Å². The highest BCUT2D eigenvalue weighted by Gasteiger charge is 2.32. The van der Waals surface area contributed by atoms with Crippen molar-refractivity contribution in [1.29, 1.82) is 0 Å². The van der Waals surface area contributed by atoms with Gasteiger partial charge in [0, 0.05) is 34.8 Å². The summed E-state index contributed by atoms with van der Waals surface area (Å²) in [7, 11) is 0. The lowest BCUT2D eigenvalue weighted by Crippen LogP contribution is -2.52. The molecular formula is C31H34Cl2N2O2S. The summed E-state index contributed by atoms with van der Waals surface area (Å²) in [6.45, 7) is 2.30. The first-order valence-electron chi connectivity index (χ1n) is 13.1. The highest BCUT2D eigenvalue weighted by molar-refractivity contribution is 7.99. The van der Waals surface area contributed by atoms with Crippen LogP contribution in [0.3, 0.4) is 0 Å². The van der Waals surface area contributed by atoms with Gasteiger partial charge in [0.1, 0.15) is 6.04 Å². The molecule has 38 heavy (non-hydrogen) atoms. The molecule has 7 heteroatoms. The first-order valence-corrected chi connectivity index (χ1v) is 15.0. The largest absolute Gasteiger partial charge is 0.352 e. The fraction of sp³-hybridized carbons (Fsp3) is 0.355. The average Bonchev–Trinajstić information content (AvgIpc) is 3.41. The number of amides is 2. The van der Waals surface area contributed by atoms with E-state index in [2.05, 4.69) is 30.4 Å². The highest BCUT2D eigenvalue weighted by atomic mass is 35.5. The van der Waals surface area contributed by atoms with Gasteiger partial charge in [0.2, 0.25) is 11.8 Å². The molecule has 1 aliphatic rings. The summed E-state index contributed by atoms with van der Waals surface area (Å²) in [5.41, 5.74) is 4.14. The minimum absolute atomic E-state index is 0.0869. The van der Waals surface area contributed by atoms with Crippen LogP contribution in [0.15, 0.2) is 72.8 Å². The van der Waals surface area contributed by atoms with Gasteiger partial charge in [0.05, 0.1) is 5.75 Å². The van der Waals surface area contributed by atoms with E-state index in [1.165, 1.54) is 11.1 Å². The van der Waals surface area contributed by atoms with Gasteiger partial charge in [-0.25, -0.2) is 0 Å². The Kier molecular flexibility index (Phi) is 10.6. The molecule has 2 amide bonds. The Morgan fingerprint density at radius 3 is 2.42 bits per heavy atom. The Morgan fingerprint density at radius 2 is 1.71 bits per heavy atom. The van der Waals surface area contributed by atoms with Crippen LogP contribution in [0.4, 0.5) is 0 Å². The Morgan fingerprint density at radius 1 is 0.974 bits per heavy atom. The summed E-state index contributed by atoms with van der Waals surface area (Å²) in [4.78, 5) is 29.3. The number of carbonyl (C=O) groups excluding carboxylic acids is 2. The van der Waals surface area contributed by atoms with Crippen LogP contribution in [0.2, 0.25) is 10.0 Å². The molecular weight excluding hydrogens is 535 g/mol. The highest BCUT2D eigenvalue weighted by Crippen LogP contribution is 2.26. The lowest BCUT2D eigenvalue weighted by molar-refractivity contribution is -0.139. The van der Waals surface area contributed by atoms with Gasteiger partial charge in [0.25, 0.3) is 0 Å². The quantitative estimate of drug-likeness (QED) is 0.265. The van der Waals surface area contributed by atoms with E-state index in [4.69, 9.17) is 23.2 Å². The standard InChI is InChI=1S/C31H34Cl2N2O2S/c1-22-8-7-11-24(16-22)20-38-21-30(36)35(19-25-14-15-26(32)18-28(25)33)29(17-23-9-3-2-4-10-23)31(37)34-27-12-5-6-13-27/h2-4,7-11,14-16,18,27,29H,5-6,12-13,17,19-21H2,1H3,(H,34,37). The number of nitrogens with one attached hydrogen (secondary N) is 1. The molecule has 1 N–H and O–H groups in total. The Labute approximate surface area is 240 Å². The van der Waals surface area contributed by atoms with Gasteiger partial charge >= 0.3 is 0 Å². The average molecular weight is 570 g/mol. The van der Waals surface area contributed by atoms with Gasteiger partial charge in [0.15, 0.2) is 0 Å². The SMILES string of the molecule is Cc1cccc(CSCC(=O)N(Cc2ccc(Cl)cc2Cl)C(Cc2ccccc2)C(=O)NC2CCCC2)c1. The van der Waals surface area contributed by atoms with E-state index >= 15 is 0 Å². The molecule has 0 heterocycles. The van der Waals surface area contributed by atoms with E-state index in [0.717, 1.165) is 42.6 Å². The molecule has 0 bridgehead atoms. The summed E-state index contributed by atoms with van der Waals surface area (Å²) >= 11 is 14.2. The first-order chi connectivity index (χ1) is 18.4. The molecule has 0 aliphatic heterocycles. The molecule has 1 fully saturated rings. The second-order valence-electron chi connectivity index (χ2n) is 9.93. The molecule has 1 aliphatic carbocycles. The third-order valence-electron chi connectivity index (χ3n) is 6.91. The molecule has 1 atom stereocenters. The van der Waals surface area contributed by atoms with E-state index < -0.39 is 6.04 Å². The van der Waals surface area contributed by atoms with Crippen LogP contribution in [0, 0.1) is 6.92 Å². The van der Waals surface area contributed by atoms with Crippen molar-refractivity contribution in [3.8, 4) is 0 Å². The topological polar surface area (TPSA) is 49.4 Å². The molecule has 1 saturated carbocycles. The van der Waals surface area contributed by atoms with Gasteiger partial charge < -0.3 is 10.2 Å².